The molecule has 0 amide bonds. The highest BCUT2D eigenvalue weighted by molar-refractivity contribution is 6.30. The number of anilines is 1. The second kappa shape index (κ2) is 7.05. The molecule has 1 fully saturated rings. The quantitative estimate of drug-likeness (QED) is 0.752. The third-order valence-corrected chi connectivity index (χ3v) is 6.09. The number of likely N-dealkylation sites (N-methyl/N-ethyl adjacent to an activating group) is 1. The number of benzene rings is 2. The average molecular weight is 371 g/mol. The van der Waals surface area contributed by atoms with Gasteiger partial charge in [-0.05, 0) is 67.4 Å². The van der Waals surface area contributed by atoms with Crippen molar-refractivity contribution in [3.05, 3.63) is 70.5 Å². The van der Waals surface area contributed by atoms with E-state index in [0.29, 0.717) is 0 Å². The van der Waals surface area contributed by atoms with Crippen LogP contribution < -0.4 is 4.90 Å². The molecule has 0 radical (unpaired) electrons. The molecule has 136 valence electrons. The van der Waals surface area contributed by atoms with Crippen LogP contribution in [0.5, 0.6) is 0 Å². The van der Waals surface area contributed by atoms with Crippen LogP contribution in [-0.4, -0.2) is 38.1 Å². The maximum atomic E-state index is 13.8. The van der Waals surface area contributed by atoms with Gasteiger partial charge >= 0.3 is 0 Å². The first-order valence-corrected chi connectivity index (χ1v) is 9.59. The molecule has 2 aromatic rings. The van der Waals surface area contributed by atoms with Crippen LogP contribution in [-0.2, 0) is 5.41 Å². The van der Waals surface area contributed by atoms with E-state index < -0.39 is 0 Å². The van der Waals surface area contributed by atoms with Crippen molar-refractivity contribution in [1.29, 1.82) is 0 Å². The number of nitrogens with zero attached hydrogens (tertiary/aromatic N) is 2. The SMILES string of the molecule is CN1CC2(CCN(C/C=C/c3ccc(Cl)cc3)CC2)c2cc(F)ccc21. The van der Waals surface area contributed by atoms with Gasteiger partial charge in [0.25, 0.3) is 0 Å². The van der Waals surface area contributed by atoms with Gasteiger partial charge in [0.2, 0.25) is 0 Å². The Morgan fingerprint density at radius 3 is 2.58 bits per heavy atom. The van der Waals surface area contributed by atoms with E-state index in [9.17, 15) is 4.39 Å². The summed E-state index contributed by atoms with van der Waals surface area (Å²) in [5.74, 6) is -0.119. The van der Waals surface area contributed by atoms with E-state index in [0.717, 1.165) is 44.0 Å². The molecule has 0 N–H and O–H groups in total. The second-order valence-electron chi connectivity index (χ2n) is 7.55. The Labute approximate surface area is 159 Å². The number of hydrogen-bond acceptors (Lipinski definition) is 2. The number of piperidine rings is 1. The summed E-state index contributed by atoms with van der Waals surface area (Å²) in [6, 6.07) is 13.2. The van der Waals surface area contributed by atoms with E-state index in [1.165, 1.54) is 16.8 Å². The molecule has 0 bridgehead atoms. The lowest BCUT2D eigenvalue weighted by atomic mass is 9.74. The predicted molar refractivity (Wildman–Crippen MR) is 108 cm³/mol. The Kier molecular flexibility index (Phi) is 4.76. The van der Waals surface area contributed by atoms with Crippen molar-refractivity contribution >= 4 is 23.4 Å². The maximum Gasteiger partial charge on any atom is 0.123 e. The van der Waals surface area contributed by atoms with Crippen LogP contribution in [0.25, 0.3) is 6.08 Å². The zero-order chi connectivity index (χ0) is 18.1. The Morgan fingerprint density at radius 1 is 1.12 bits per heavy atom. The van der Waals surface area contributed by atoms with Crippen molar-refractivity contribution < 1.29 is 4.39 Å². The van der Waals surface area contributed by atoms with Crippen LogP contribution in [0.1, 0.15) is 24.0 Å². The Bertz CT molecular complexity index is 807. The maximum absolute atomic E-state index is 13.8. The lowest BCUT2D eigenvalue weighted by Crippen LogP contribution is -2.44. The number of fused-ring (bicyclic) bond motifs is 2. The standard InChI is InChI=1S/C22H24ClFN2/c1-25-16-22(20-15-19(24)8-9-21(20)25)10-13-26(14-11-22)12-2-3-17-4-6-18(23)7-5-17/h2-9,15H,10-14,16H2,1H3/b3-2+. The van der Waals surface area contributed by atoms with E-state index in [2.05, 4.69) is 29.0 Å². The van der Waals surface area contributed by atoms with E-state index in [1.807, 2.05) is 30.3 Å². The minimum absolute atomic E-state index is 0.114. The minimum atomic E-state index is -0.119. The normalized spacial score (nSPS) is 19.4. The molecule has 2 aliphatic rings. The summed E-state index contributed by atoms with van der Waals surface area (Å²) in [6.07, 6.45) is 6.54. The van der Waals surface area contributed by atoms with Crippen molar-refractivity contribution in [2.24, 2.45) is 0 Å². The molecule has 26 heavy (non-hydrogen) atoms. The summed E-state index contributed by atoms with van der Waals surface area (Å²) in [5, 5.41) is 0.765. The van der Waals surface area contributed by atoms with E-state index >= 15 is 0 Å². The topological polar surface area (TPSA) is 6.48 Å². The van der Waals surface area contributed by atoms with Gasteiger partial charge in [0, 0.05) is 36.3 Å². The number of hydrogen-bond donors (Lipinski definition) is 0. The van der Waals surface area contributed by atoms with E-state index in [-0.39, 0.29) is 11.2 Å². The average Bonchev–Trinajstić information content (AvgIpc) is 2.90. The molecule has 2 heterocycles. The second-order valence-corrected chi connectivity index (χ2v) is 7.99. The molecule has 0 aromatic heterocycles. The molecular formula is C22H24ClFN2. The molecule has 4 heteroatoms. The largest absolute Gasteiger partial charge is 0.373 e. The van der Waals surface area contributed by atoms with Crippen LogP contribution in [0, 0.1) is 5.82 Å². The lowest BCUT2D eigenvalue weighted by Gasteiger charge is -2.39. The summed E-state index contributed by atoms with van der Waals surface area (Å²) in [6.45, 7) is 4.05. The van der Waals surface area contributed by atoms with Gasteiger partial charge in [0.15, 0.2) is 0 Å². The van der Waals surface area contributed by atoms with Gasteiger partial charge in [-0.2, -0.15) is 0 Å². The molecule has 0 aliphatic carbocycles. The van der Waals surface area contributed by atoms with Gasteiger partial charge < -0.3 is 4.90 Å². The molecule has 1 spiro atoms. The van der Waals surface area contributed by atoms with Crippen molar-refractivity contribution in [3.8, 4) is 0 Å². The summed E-state index contributed by atoms with van der Waals surface area (Å²) >= 11 is 5.92. The molecule has 0 atom stereocenters. The molecule has 1 saturated heterocycles. The summed E-state index contributed by atoms with van der Waals surface area (Å²) in [4.78, 5) is 4.76. The fourth-order valence-electron chi connectivity index (χ4n) is 4.39. The highest BCUT2D eigenvalue weighted by atomic mass is 35.5. The van der Waals surface area contributed by atoms with Gasteiger partial charge in [0.05, 0.1) is 0 Å². The van der Waals surface area contributed by atoms with Crippen LogP contribution >= 0.6 is 11.6 Å². The fraction of sp³-hybridized carbons (Fsp3) is 0.364. The molecule has 0 saturated carbocycles. The van der Waals surface area contributed by atoms with Crippen LogP contribution in [0.4, 0.5) is 10.1 Å². The number of likely N-dealkylation sites (tertiary alicyclic amines) is 1. The predicted octanol–water partition coefficient (Wildman–Crippen LogP) is 4.98. The third-order valence-electron chi connectivity index (χ3n) is 5.84. The summed E-state index contributed by atoms with van der Waals surface area (Å²) in [5.41, 5.74) is 3.69. The Hall–Kier alpha value is -1.84. The highest BCUT2D eigenvalue weighted by Crippen LogP contribution is 2.46. The van der Waals surface area contributed by atoms with Crippen molar-refractivity contribution in [2.45, 2.75) is 18.3 Å². The monoisotopic (exact) mass is 370 g/mol. The first-order valence-electron chi connectivity index (χ1n) is 9.21. The van der Waals surface area contributed by atoms with Crippen molar-refractivity contribution in [2.75, 3.05) is 38.1 Å². The molecule has 2 nitrogen and oxygen atoms in total. The Balaban J connectivity index is 1.39. The van der Waals surface area contributed by atoms with Crippen LogP contribution in [0.15, 0.2) is 48.5 Å². The molecule has 4 rings (SSSR count). The van der Waals surface area contributed by atoms with E-state index in [4.69, 9.17) is 11.6 Å². The van der Waals surface area contributed by atoms with Crippen molar-refractivity contribution in [1.82, 2.24) is 4.90 Å². The summed E-state index contributed by atoms with van der Waals surface area (Å²) in [7, 11) is 2.12. The van der Waals surface area contributed by atoms with Gasteiger partial charge in [-0.25, -0.2) is 4.39 Å². The molecule has 2 aliphatic heterocycles. The molecule has 0 unspecified atom stereocenters. The number of rotatable bonds is 3. The smallest absolute Gasteiger partial charge is 0.123 e. The third kappa shape index (κ3) is 3.38. The zero-order valence-electron chi connectivity index (χ0n) is 15.1. The van der Waals surface area contributed by atoms with Gasteiger partial charge in [-0.1, -0.05) is 35.9 Å². The number of halogens is 2. The van der Waals surface area contributed by atoms with Crippen LogP contribution in [0.2, 0.25) is 5.02 Å². The zero-order valence-corrected chi connectivity index (χ0v) is 15.8. The minimum Gasteiger partial charge on any atom is -0.373 e. The van der Waals surface area contributed by atoms with Gasteiger partial charge in [-0.15, -0.1) is 0 Å². The summed E-state index contributed by atoms with van der Waals surface area (Å²) < 4.78 is 13.8. The lowest BCUT2D eigenvalue weighted by molar-refractivity contribution is 0.181. The van der Waals surface area contributed by atoms with E-state index in [1.54, 1.807) is 12.1 Å². The fourth-order valence-corrected chi connectivity index (χ4v) is 4.52. The highest BCUT2D eigenvalue weighted by Gasteiger charge is 2.43. The van der Waals surface area contributed by atoms with Gasteiger partial charge in [-0.3, -0.25) is 4.90 Å². The van der Waals surface area contributed by atoms with Gasteiger partial charge in [0.1, 0.15) is 5.82 Å². The molecule has 2 aromatic carbocycles. The first kappa shape index (κ1) is 17.6. The van der Waals surface area contributed by atoms with Crippen LogP contribution in [0.3, 0.4) is 0 Å². The molecular weight excluding hydrogens is 347 g/mol. The Morgan fingerprint density at radius 2 is 1.85 bits per heavy atom. The first-order chi connectivity index (χ1) is 12.6. The van der Waals surface area contributed by atoms with Crippen molar-refractivity contribution in [3.63, 3.8) is 0 Å².